The van der Waals surface area contributed by atoms with Crippen molar-refractivity contribution in [3.8, 4) is 11.1 Å². The molecule has 5 aromatic carbocycles. The van der Waals surface area contributed by atoms with Gasteiger partial charge < -0.3 is 0 Å². The van der Waals surface area contributed by atoms with E-state index in [0.717, 1.165) is 0 Å². The van der Waals surface area contributed by atoms with Crippen LogP contribution in [0.4, 0.5) is 0 Å². The second kappa shape index (κ2) is 6.18. The first kappa shape index (κ1) is 16.3. The lowest BCUT2D eigenvalue weighted by molar-refractivity contribution is 0.768. The van der Waals surface area contributed by atoms with E-state index in [1.807, 2.05) is 6.07 Å². The van der Waals surface area contributed by atoms with Gasteiger partial charge in [-0.05, 0) is 62.4 Å². The molecule has 29 heavy (non-hydrogen) atoms. The van der Waals surface area contributed by atoms with Gasteiger partial charge >= 0.3 is 0 Å². The molecule has 1 radical (unpaired) electrons. The van der Waals surface area contributed by atoms with E-state index < -0.39 is 0 Å². The molecule has 0 nitrogen and oxygen atoms in total. The Morgan fingerprint density at radius 3 is 1.76 bits per heavy atom. The van der Waals surface area contributed by atoms with Crippen LogP contribution in [0.3, 0.4) is 0 Å². The Hall–Kier alpha value is -3.64. The van der Waals surface area contributed by atoms with Gasteiger partial charge in [0.25, 0.3) is 0 Å². The highest BCUT2D eigenvalue weighted by molar-refractivity contribution is 5.95. The van der Waals surface area contributed by atoms with Gasteiger partial charge in [-0.1, -0.05) is 103 Å². The third-order valence-corrected chi connectivity index (χ3v) is 6.22. The zero-order valence-electron chi connectivity index (χ0n) is 16.0. The zero-order chi connectivity index (χ0) is 19.3. The average molecular weight is 367 g/mol. The largest absolute Gasteiger partial charge is 0.0719 e. The standard InChI is InChI=1S/C29H19/c1-3-13-23(14-4-1)29(24-15-5-2-6-16-24)27-18-10-9-17-25(27)26-19-21-11-7-8-12-22(21)20-28(26)29/h1-17,19-20H. The first-order valence-electron chi connectivity index (χ1n) is 10.0. The minimum Gasteiger partial charge on any atom is -0.0622 e. The van der Waals surface area contributed by atoms with Crippen LogP contribution in [0.5, 0.6) is 0 Å². The van der Waals surface area contributed by atoms with Crippen LogP contribution >= 0.6 is 0 Å². The highest BCUT2D eigenvalue weighted by Gasteiger charge is 2.46. The summed E-state index contributed by atoms with van der Waals surface area (Å²) in [5.41, 5.74) is 7.37. The maximum absolute atomic E-state index is 3.64. The molecule has 0 aromatic heterocycles. The fourth-order valence-corrected chi connectivity index (χ4v) is 5.02. The van der Waals surface area contributed by atoms with Crippen molar-refractivity contribution in [2.45, 2.75) is 5.41 Å². The van der Waals surface area contributed by atoms with E-state index in [-0.39, 0.29) is 5.41 Å². The molecule has 0 atom stereocenters. The van der Waals surface area contributed by atoms with Crippen LogP contribution < -0.4 is 0 Å². The van der Waals surface area contributed by atoms with Crippen LogP contribution in [0.1, 0.15) is 22.3 Å². The van der Waals surface area contributed by atoms with Crippen LogP contribution in [-0.4, -0.2) is 0 Å². The van der Waals surface area contributed by atoms with E-state index in [2.05, 4.69) is 115 Å². The summed E-state index contributed by atoms with van der Waals surface area (Å²) in [5.74, 6) is 0. The molecule has 0 bridgehead atoms. The van der Waals surface area contributed by atoms with E-state index in [1.165, 1.54) is 44.2 Å². The van der Waals surface area contributed by atoms with Gasteiger partial charge in [-0.25, -0.2) is 0 Å². The van der Waals surface area contributed by atoms with Crippen molar-refractivity contribution in [3.63, 3.8) is 0 Å². The number of fused-ring (bicyclic) bond motifs is 4. The molecule has 0 fully saturated rings. The molecule has 6 rings (SSSR count). The SMILES string of the molecule is [c]1cccc2c1C(c1ccccc1)(c1ccccc1)c1cc3ccccc3cc1-2. The Morgan fingerprint density at radius 1 is 0.517 bits per heavy atom. The molecule has 0 amide bonds. The second-order valence-corrected chi connectivity index (χ2v) is 7.69. The van der Waals surface area contributed by atoms with Gasteiger partial charge in [0.05, 0.1) is 5.41 Å². The smallest absolute Gasteiger partial charge is 0.0622 e. The number of rotatable bonds is 2. The van der Waals surface area contributed by atoms with Crippen LogP contribution in [0, 0.1) is 6.07 Å². The van der Waals surface area contributed by atoms with Gasteiger partial charge in [0.2, 0.25) is 0 Å². The minimum atomic E-state index is -0.363. The van der Waals surface area contributed by atoms with Crippen molar-refractivity contribution in [2.75, 3.05) is 0 Å². The summed E-state index contributed by atoms with van der Waals surface area (Å²) in [4.78, 5) is 0. The molecule has 0 N–H and O–H groups in total. The lowest BCUT2D eigenvalue weighted by atomic mass is 9.67. The maximum Gasteiger partial charge on any atom is 0.0719 e. The van der Waals surface area contributed by atoms with Crippen molar-refractivity contribution in [3.05, 3.63) is 144 Å². The Morgan fingerprint density at radius 2 is 1.10 bits per heavy atom. The summed E-state index contributed by atoms with van der Waals surface area (Å²) >= 11 is 0. The molecule has 0 heteroatoms. The van der Waals surface area contributed by atoms with Gasteiger partial charge in [0, 0.05) is 0 Å². The fourth-order valence-electron chi connectivity index (χ4n) is 5.02. The molecule has 0 saturated heterocycles. The first-order valence-corrected chi connectivity index (χ1v) is 10.0. The first-order chi connectivity index (χ1) is 14.4. The highest BCUT2D eigenvalue weighted by atomic mass is 14.5. The summed E-state index contributed by atoms with van der Waals surface area (Å²) in [5, 5.41) is 2.55. The van der Waals surface area contributed by atoms with E-state index in [4.69, 9.17) is 0 Å². The van der Waals surface area contributed by atoms with E-state index in [1.54, 1.807) is 0 Å². The Labute approximate surface area is 171 Å². The van der Waals surface area contributed by atoms with Crippen molar-refractivity contribution < 1.29 is 0 Å². The molecule has 5 aromatic rings. The number of hydrogen-bond acceptors (Lipinski definition) is 0. The third-order valence-electron chi connectivity index (χ3n) is 6.22. The normalized spacial score (nSPS) is 13.8. The molecule has 0 spiro atoms. The van der Waals surface area contributed by atoms with Gasteiger partial charge in [0.15, 0.2) is 0 Å². The van der Waals surface area contributed by atoms with Gasteiger partial charge in [-0.15, -0.1) is 0 Å². The molecule has 1 aliphatic carbocycles. The molecular formula is C29H19. The molecular weight excluding hydrogens is 348 g/mol. The lowest BCUT2D eigenvalue weighted by Crippen LogP contribution is -2.28. The summed E-state index contributed by atoms with van der Waals surface area (Å²) in [6.45, 7) is 0. The van der Waals surface area contributed by atoms with Gasteiger partial charge in [-0.3, -0.25) is 0 Å². The van der Waals surface area contributed by atoms with Crippen LogP contribution in [0.25, 0.3) is 21.9 Å². The average Bonchev–Trinajstić information content (AvgIpc) is 3.09. The van der Waals surface area contributed by atoms with Crippen LogP contribution in [-0.2, 0) is 5.41 Å². The molecule has 0 heterocycles. The summed E-state index contributed by atoms with van der Waals surface area (Å²) in [7, 11) is 0. The molecule has 0 unspecified atom stereocenters. The van der Waals surface area contributed by atoms with E-state index >= 15 is 0 Å². The third kappa shape index (κ3) is 2.20. The number of benzene rings is 5. The molecule has 0 saturated carbocycles. The molecule has 1 aliphatic rings. The zero-order valence-corrected chi connectivity index (χ0v) is 16.0. The topological polar surface area (TPSA) is 0 Å². The van der Waals surface area contributed by atoms with E-state index in [0.29, 0.717) is 0 Å². The van der Waals surface area contributed by atoms with Crippen LogP contribution in [0.2, 0.25) is 0 Å². The molecule has 0 aliphatic heterocycles. The van der Waals surface area contributed by atoms with Crippen molar-refractivity contribution >= 4 is 10.8 Å². The van der Waals surface area contributed by atoms with E-state index in [9.17, 15) is 0 Å². The summed E-state index contributed by atoms with van der Waals surface area (Å²) in [6.07, 6.45) is 0. The second-order valence-electron chi connectivity index (χ2n) is 7.69. The van der Waals surface area contributed by atoms with Crippen molar-refractivity contribution in [1.82, 2.24) is 0 Å². The highest BCUT2D eigenvalue weighted by Crippen LogP contribution is 2.56. The quantitative estimate of drug-likeness (QED) is 0.309. The predicted molar refractivity (Wildman–Crippen MR) is 120 cm³/mol. The maximum atomic E-state index is 3.64. The van der Waals surface area contributed by atoms with Gasteiger partial charge in [0.1, 0.15) is 0 Å². The monoisotopic (exact) mass is 367 g/mol. The Kier molecular flexibility index (Phi) is 3.48. The predicted octanol–water partition coefficient (Wildman–Crippen LogP) is 7.00. The van der Waals surface area contributed by atoms with Crippen LogP contribution in [0.15, 0.2) is 115 Å². The summed E-state index contributed by atoms with van der Waals surface area (Å²) < 4.78 is 0. The lowest BCUT2D eigenvalue weighted by Gasteiger charge is -2.33. The Bertz CT molecular complexity index is 1290. The van der Waals surface area contributed by atoms with Gasteiger partial charge in [-0.2, -0.15) is 0 Å². The molecule has 135 valence electrons. The fraction of sp³-hybridized carbons (Fsp3) is 0.0345. The minimum absolute atomic E-state index is 0.363. The van der Waals surface area contributed by atoms with Crippen molar-refractivity contribution in [1.29, 1.82) is 0 Å². The van der Waals surface area contributed by atoms with Crippen molar-refractivity contribution in [2.24, 2.45) is 0 Å². The summed E-state index contributed by atoms with van der Waals surface area (Å²) in [6, 6.07) is 45.2. The number of hydrogen-bond donors (Lipinski definition) is 0. The Balaban J connectivity index is 1.83.